The van der Waals surface area contributed by atoms with Gasteiger partial charge in [0.15, 0.2) is 5.82 Å². The number of hydrogen-bond donors (Lipinski definition) is 2. The molecule has 0 saturated carbocycles. The molecule has 34 heavy (non-hydrogen) atoms. The summed E-state index contributed by atoms with van der Waals surface area (Å²) < 4.78 is 2.02. The lowest BCUT2D eigenvalue weighted by Gasteiger charge is -2.09. The third-order valence-corrected chi connectivity index (χ3v) is 6.43. The SMILES string of the molecule is CC(C)c1nc(-c2ccccc2NC(=O)c2ccc(SCc3cn4ccccc4n3)cc2)n[nH]1. The first-order chi connectivity index (χ1) is 16.6. The molecule has 2 aromatic carbocycles. The molecule has 0 atom stereocenters. The molecule has 0 aliphatic rings. The molecule has 0 saturated heterocycles. The zero-order valence-electron chi connectivity index (χ0n) is 18.9. The number of carbonyl (C=O) groups is 1. The Morgan fingerprint density at radius 3 is 2.59 bits per heavy atom. The highest BCUT2D eigenvalue weighted by molar-refractivity contribution is 7.98. The average molecular weight is 469 g/mol. The van der Waals surface area contributed by atoms with Crippen molar-refractivity contribution in [2.75, 3.05) is 5.32 Å². The summed E-state index contributed by atoms with van der Waals surface area (Å²) in [5, 5.41) is 10.3. The zero-order valence-corrected chi connectivity index (χ0v) is 19.7. The Morgan fingerprint density at radius 1 is 1.03 bits per heavy atom. The molecule has 0 unspecified atom stereocenters. The van der Waals surface area contributed by atoms with E-state index in [9.17, 15) is 4.79 Å². The van der Waals surface area contributed by atoms with Crippen molar-refractivity contribution < 1.29 is 4.79 Å². The van der Waals surface area contributed by atoms with E-state index in [1.807, 2.05) is 83.5 Å². The molecular weight excluding hydrogens is 444 g/mol. The first-order valence-corrected chi connectivity index (χ1v) is 12.0. The molecule has 3 heterocycles. The van der Waals surface area contributed by atoms with Crippen LogP contribution >= 0.6 is 11.8 Å². The van der Waals surface area contributed by atoms with Gasteiger partial charge in [-0.3, -0.25) is 9.89 Å². The largest absolute Gasteiger partial charge is 0.321 e. The molecular formula is C26H24N6OS. The van der Waals surface area contributed by atoms with Crippen LogP contribution in [-0.4, -0.2) is 30.5 Å². The van der Waals surface area contributed by atoms with E-state index < -0.39 is 0 Å². The second kappa shape index (κ2) is 9.52. The van der Waals surface area contributed by atoms with Gasteiger partial charge in [0, 0.05) is 40.1 Å². The Bertz CT molecular complexity index is 1400. The molecule has 7 nitrogen and oxygen atoms in total. The maximum Gasteiger partial charge on any atom is 0.255 e. The quantitative estimate of drug-likeness (QED) is 0.295. The fourth-order valence-electron chi connectivity index (χ4n) is 3.55. The molecule has 5 aromatic rings. The summed E-state index contributed by atoms with van der Waals surface area (Å²) in [4.78, 5) is 23.2. The minimum absolute atomic E-state index is 0.177. The van der Waals surface area contributed by atoms with Crippen molar-refractivity contribution in [3.63, 3.8) is 0 Å². The number of aromatic nitrogens is 5. The monoisotopic (exact) mass is 468 g/mol. The van der Waals surface area contributed by atoms with Gasteiger partial charge in [-0.15, -0.1) is 11.8 Å². The van der Waals surface area contributed by atoms with Crippen LogP contribution in [0.1, 0.15) is 41.6 Å². The smallest absolute Gasteiger partial charge is 0.255 e. The zero-order chi connectivity index (χ0) is 23.5. The first-order valence-electron chi connectivity index (χ1n) is 11.1. The maximum atomic E-state index is 12.9. The summed E-state index contributed by atoms with van der Waals surface area (Å²) in [6, 6.07) is 21.1. The Kier molecular flexibility index (Phi) is 6.14. The van der Waals surface area contributed by atoms with Crippen molar-refractivity contribution in [1.29, 1.82) is 0 Å². The lowest BCUT2D eigenvalue weighted by atomic mass is 10.1. The fraction of sp³-hybridized carbons (Fsp3) is 0.154. The number of H-pyrrole nitrogens is 1. The summed E-state index contributed by atoms with van der Waals surface area (Å²) in [5.41, 5.74) is 3.99. The summed E-state index contributed by atoms with van der Waals surface area (Å²) in [6.45, 7) is 4.11. The molecule has 170 valence electrons. The minimum atomic E-state index is -0.177. The second-order valence-electron chi connectivity index (χ2n) is 8.21. The number of para-hydroxylation sites is 1. The molecule has 2 N–H and O–H groups in total. The van der Waals surface area contributed by atoms with Gasteiger partial charge in [-0.2, -0.15) is 5.10 Å². The number of imidazole rings is 1. The molecule has 5 rings (SSSR count). The first kappa shape index (κ1) is 21.9. The molecule has 8 heteroatoms. The van der Waals surface area contributed by atoms with Crippen LogP contribution in [0, 0.1) is 0 Å². The Labute approximate surface area is 201 Å². The van der Waals surface area contributed by atoms with Crippen LogP contribution in [0.5, 0.6) is 0 Å². The Morgan fingerprint density at radius 2 is 1.82 bits per heavy atom. The van der Waals surface area contributed by atoms with Crippen LogP contribution in [0.2, 0.25) is 0 Å². The summed E-state index contributed by atoms with van der Waals surface area (Å²) >= 11 is 1.69. The highest BCUT2D eigenvalue weighted by atomic mass is 32.2. The van der Waals surface area contributed by atoms with E-state index in [4.69, 9.17) is 0 Å². The van der Waals surface area contributed by atoms with Crippen molar-refractivity contribution >= 4 is 29.0 Å². The molecule has 0 aliphatic carbocycles. The minimum Gasteiger partial charge on any atom is -0.321 e. The van der Waals surface area contributed by atoms with Crippen molar-refractivity contribution in [3.05, 3.63) is 96.2 Å². The number of thioether (sulfide) groups is 1. The number of nitrogens with one attached hydrogen (secondary N) is 2. The van der Waals surface area contributed by atoms with Gasteiger partial charge < -0.3 is 9.72 Å². The van der Waals surface area contributed by atoms with E-state index in [1.54, 1.807) is 11.8 Å². The van der Waals surface area contributed by atoms with Crippen molar-refractivity contribution in [3.8, 4) is 11.4 Å². The Hall–Kier alpha value is -3.91. The van der Waals surface area contributed by atoms with Crippen LogP contribution in [0.3, 0.4) is 0 Å². The third kappa shape index (κ3) is 4.72. The molecule has 0 aliphatic heterocycles. The van der Waals surface area contributed by atoms with Gasteiger partial charge in [-0.25, -0.2) is 9.97 Å². The van der Waals surface area contributed by atoms with Gasteiger partial charge in [0.1, 0.15) is 11.5 Å². The lowest BCUT2D eigenvalue weighted by Crippen LogP contribution is -2.12. The number of aromatic amines is 1. The van der Waals surface area contributed by atoms with Crippen LogP contribution in [0.25, 0.3) is 17.0 Å². The molecule has 0 bridgehead atoms. The van der Waals surface area contributed by atoms with Gasteiger partial charge in [0.05, 0.1) is 11.4 Å². The number of rotatable bonds is 7. The van der Waals surface area contributed by atoms with E-state index >= 15 is 0 Å². The van der Waals surface area contributed by atoms with Crippen LogP contribution < -0.4 is 5.32 Å². The van der Waals surface area contributed by atoms with Gasteiger partial charge in [0.2, 0.25) is 0 Å². The number of amides is 1. The predicted molar refractivity (Wildman–Crippen MR) is 135 cm³/mol. The van der Waals surface area contributed by atoms with E-state index in [0.717, 1.165) is 33.4 Å². The van der Waals surface area contributed by atoms with Gasteiger partial charge in [-0.1, -0.05) is 32.0 Å². The van der Waals surface area contributed by atoms with Crippen molar-refractivity contribution in [2.45, 2.75) is 30.4 Å². The number of hydrogen-bond acceptors (Lipinski definition) is 5. The normalized spacial score (nSPS) is 11.3. The number of pyridine rings is 1. The number of carbonyl (C=O) groups excluding carboxylic acids is 1. The van der Waals surface area contributed by atoms with Gasteiger partial charge in [-0.05, 0) is 48.5 Å². The van der Waals surface area contributed by atoms with Crippen LogP contribution in [0.15, 0.2) is 84.0 Å². The third-order valence-electron chi connectivity index (χ3n) is 5.38. The van der Waals surface area contributed by atoms with E-state index in [-0.39, 0.29) is 11.8 Å². The van der Waals surface area contributed by atoms with E-state index in [2.05, 4.69) is 39.3 Å². The second-order valence-corrected chi connectivity index (χ2v) is 9.26. The average Bonchev–Trinajstić information content (AvgIpc) is 3.51. The molecule has 0 radical (unpaired) electrons. The molecule has 0 fully saturated rings. The van der Waals surface area contributed by atoms with Crippen LogP contribution in [-0.2, 0) is 5.75 Å². The van der Waals surface area contributed by atoms with Gasteiger partial charge >= 0.3 is 0 Å². The highest BCUT2D eigenvalue weighted by Crippen LogP contribution is 2.27. The lowest BCUT2D eigenvalue weighted by molar-refractivity contribution is 0.102. The Balaban J connectivity index is 1.26. The highest BCUT2D eigenvalue weighted by Gasteiger charge is 2.15. The molecule has 3 aromatic heterocycles. The van der Waals surface area contributed by atoms with Crippen LogP contribution in [0.4, 0.5) is 5.69 Å². The number of anilines is 1. The topological polar surface area (TPSA) is 88.0 Å². The van der Waals surface area contributed by atoms with E-state index in [1.165, 1.54) is 0 Å². The fourth-order valence-corrected chi connectivity index (χ4v) is 4.33. The summed E-state index contributed by atoms with van der Waals surface area (Å²) in [7, 11) is 0. The number of benzene rings is 2. The predicted octanol–water partition coefficient (Wildman–Crippen LogP) is 5.79. The number of fused-ring (bicyclic) bond motifs is 1. The number of nitrogens with zero attached hydrogens (tertiary/aromatic N) is 4. The standard InChI is InChI=1S/C26H24N6OS/c1-17(2)24-29-25(31-30-24)21-7-3-4-8-22(21)28-26(33)18-10-12-20(13-11-18)34-16-19-15-32-14-6-5-9-23(32)27-19/h3-15,17H,16H2,1-2H3,(H,28,33)(H,29,30,31). The summed E-state index contributed by atoms with van der Waals surface area (Å²) in [6.07, 6.45) is 4.04. The summed E-state index contributed by atoms with van der Waals surface area (Å²) in [5.74, 6) is 2.21. The van der Waals surface area contributed by atoms with Crippen molar-refractivity contribution in [1.82, 2.24) is 24.6 Å². The molecule has 1 amide bonds. The van der Waals surface area contributed by atoms with Gasteiger partial charge in [0.25, 0.3) is 5.91 Å². The maximum absolute atomic E-state index is 12.9. The van der Waals surface area contributed by atoms with E-state index in [0.29, 0.717) is 17.1 Å². The van der Waals surface area contributed by atoms with Crippen molar-refractivity contribution in [2.24, 2.45) is 0 Å². The molecule has 0 spiro atoms.